The van der Waals surface area contributed by atoms with Gasteiger partial charge in [0.25, 0.3) is 5.72 Å². The van der Waals surface area contributed by atoms with Gasteiger partial charge in [-0.05, 0) is 24.3 Å². The molecule has 1 atom stereocenters. The standard InChI is InChI=1S/C17H14Cl2F3N3O4S/c1-29-14-10(18)6-9(7-11(14)19)15-24-16(26,17(20,21)22)8-25(15)12-4-2-3-5-13(12)30(23,27)28/h2-7,26H,8H2,1H3,(H2,23,27,28). The van der Waals surface area contributed by atoms with Crippen LogP contribution in [0.4, 0.5) is 18.9 Å². The van der Waals surface area contributed by atoms with Crippen molar-refractivity contribution in [1.82, 2.24) is 0 Å². The summed E-state index contributed by atoms with van der Waals surface area (Å²) in [5.74, 6) is -0.319. The summed E-state index contributed by atoms with van der Waals surface area (Å²) in [6.07, 6.45) is -5.15. The first kappa shape index (κ1) is 22.6. The summed E-state index contributed by atoms with van der Waals surface area (Å²) in [5, 5.41) is 15.4. The molecule has 0 fully saturated rings. The molecule has 1 aliphatic rings. The third-order valence-electron chi connectivity index (χ3n) is 4.30. The second-order valence-corrected chi connectivity index (χ2v) is 8.67. The average molecular weight is 484 g/mol. The van der Waals surface area contributed by atoms with Gasteiger partial charge >= 0.3 is 6.18 Å². The van der Waals surface area contributed by atoms with Gasteiger partial charge in [-0.1, -0.05) is 35.3 Å². The topological polar surface area (TPSA) is 105 Å². The van der Waals surface area contributed by atoms with Crippen LogP contribution in [0.3, 0.4) is 0 Å². The lowest BCUT2D eigenvalue weighted by Crippen LogP contribution is -2.48. The summed E-state index contributed by atoms with van der Waals surface area (Å²) < 4.78 is 69.6. The van der Waals surface area contributed by atoms with Crippen LogP contribution in [0.2, 0.25) is 10.0 Å². The number of alkyl halides is 3. The van der Waals surface area contributed by atoms with Crippen LogP contribution in [0.25, 0.3) is 0 Å². The summed E-state index contributed by atoms with van der Waals surface area (Å²) in [7, 11) is -3.01. The lowest BCUT2D eigenvalue weighted by molar-refractivity contribution is -0.249. The lowest BCUT2D eigenvalue weighted by atomic mass is 10.1. The Kier molecular flexibility index (Phi) is 5.71. The Labute approximate surface area is 179 Å². The molecule has 1 aliphatic heterocycles. The number of nitrogens with two attached hydrogens (primary N) is 1. The van der Waals surface area contributed by atoms with Crippen molar-refractivity contribution in [2.45, 2.75) is 16.8 Å². The number of halogens is 5. The van der Waals surface area contributed by atoms with E-state index in [1.165, 1.54) is 37.4 Å². The number of hydrogen-bond acceptors (Lipinski definition) is 6. The molecule has 1 unspecified atom stereocenters. The van der Waals surface area contributed by atoms with Crippen molar-refractivity contribution >= 4 is 44.7 Å². The molecule has 7 nitrogen and oxygen atoms in total. The number of primary sulfonamides is 1. The molecule has 0 bridgehead atoms. The Bertz CT molecular complexity index is 1120. The second-order valence-electron chi connectivity index (χ2n) is 6.32. The summed E-state index contributed by atoms with van der Waals surface area (Å²) in [6.45, 7) is -1.11. The van der Waals surface area contributed by atoms with Crippen LogP contribution in [0.15, 0.2) is 46.3 Å². The fraction of sp³-hybridized carbons (Fsp3) is 0.235. The molecule has 1 heterocycles. The smallest absolute Gasteiger partial charge is 0.440 e. The zero-order valence-electron chi connectivity index (χ0n) is 15.1. The van der Waals surface area contributed by atoms with E-state index in [9.17, 15) is 26.7 Å². The molecule has 2 aromatic rings. The van der Waals surface area contributed by atoms with Crippen LogP contribution < -0.4 is 14.8 Å². The van der Waals surface area contributed by atoms with Crippen LogP contribution in [0.5, 0.6) is 5.75 Å². The number of β-amino-alcohol motifs (C(OH)–C–C–N with tert-alkyl or cyclic N) is 1. The van der Waals surface area contributed by atoms with Crippen molar-refractivity contribution in [3.05, 3.63) is 52.0 Å². The van der Waals surface area contributed by atoms with Gasteiger partial charge in [0.15, 0.2) is 5.75 Å². The molecule has 0 amide bonds. The Hall–Kier alpha value is -2.05. The van der Waals surface area contributed by atoms with Gasteiger partial charge in [0.2, 0.25) is 10.0 Å². The third-order valence-corrected chi connectivity index (χ3v) is 5.82. The van der Waals surface area contributed by atoms with Crippen LogP contribution in [-0.2, 0) is 10.0 Å². The van der Waals surface area contributed by atoms with Crippen molar-refractivity contribution in [2.24, 2.45) is 10.1 Å². The van der Waals surface area contributed by atoms with Crippen molar-refractivity contribution in [2.75, 3.05) is 18.6 Å². The SMILES string of the molecule is COc1c(Cl)cc(C2=NC(O)(C(F)(F)F)CN2c2ccccc2S(N)(=O)=O)cc1Cl. The predicted molar refractivity (Wildman–Crippen MR) is 106 cm³/mol. The molecular formula is C17H14Cl2F3N3O4S. The highest BCUT2D eigenvalue weighted by molar-refractivity contribution is 7.89. The molecule has 3 N–H and O–H groups in total. The highest BCUT2D eigenvalue weighted by Gasteiger charge is 2.59. The number of nitrogens with zero attached hydrogens (tertiary/aromatic N) is 2. The van der Waals surface area contributed by atoms with Crippen molar-refractivity contribution < 1.29 is 31.4 Å². The Morgan fingerprint density at radius 1 is 1.23 bits per heavy atom. The Balaban J connectivity index is 2.26. The quantitative estimate of drug-likeness (QED) is 0.694. The molecule has 30 heavy (non-hydrogen) atoms. The van der Waals surface area contributed by atoms with Gasteiger partial charge in [-0.2, -0.15) is 13.2 Å². The van der Waals surface area contributed by atoms with Gasteiger partial charge in [0.05, 0.1) is 29.4 Å². The van der Waals surface area contributed by atoms with E-state index in [0.29, 0.717) is 0 Å². The summed E-state index contributed by atoms with van der Waals surface area (Å²) in [5.41, 5.74) is -3.72. The number of rotatable bonds is 4. The molecular weight excluding hydrogens is 470 g/mol. The van der Waals surface area contributed by atoms with E-state index in [2.05, 4.69) is 4.99 Å². The summed E-state index contributed by atoms with van der Waals surface area (Å²) in [6, 6.07) is 7.60. The van der Waals surface area contributed by atoms with E-state index in [1.807, 2.05) is 0 Å². The first-order chi connectivity index (χ1) is 13.8. The largest absolute Gasteiger partial charge is 0.494 e. The number of aliphatic imine (C=N–C) groups is 1. The number of ether oxygens (including phenoxy) is 1. The first-order valence-electron chi connectivity index (χ1n) is 8.10. The maximum Gasteiger partial charge on any atom is 0.440 e. The number of aliphatic hydroxyl groups is 1. The highest BCUT2D eigenvalue weighted by atomic mass is 35.5. The fourth-order valence-electron chi connectivity index (χ4n) is 2.94. The molecule has 0 spiro atoms. The van der Waals surface area contributed by atoms with Crippen LogP contribution in [0.1, 0.15) is 5.56 Å². The van der Waals surface area contributed by atoms with Crippen LogP contribution >= 0.6 is 23.2 Å². The van der Waals surface area contributed by atoms with E-state index in [-0.39, 0.29) is 27.0 Å². The normalized spacial score (nSPS) is 19.7. The van der Waals surface area contributed by atoms with E-state index in [1.54, 1.807) is 0 Å². The van der Waals surface area contributed by atoms with Gasteiger partial charge in [0, 0.05) is 5.56 Å². The van der Waals surface area contributed by atoms with Crippen LogP contribution in [0, 0.1) is 0 Å². The predicted octanol–water partition coefficient (Wildman–Crippen LogP) is 3.17. The maximum atomic E-state index is 13.5. The molecule has 0 saturated heterocycles. The number of anilines is 1. The number of hydrogen-bond donors (Lipinski definition) is 2. The molecule has 0 aliphatic carbocycles. The van der Waals surface area contributed by atoms with E-state index in [4.69, 9.17) is 33.1 Å². The minimum absolute atomic E-state index is 0.00445. The average Bonchev–Trinajstić information content (AvgIpc) is 3.00. The van der Waals surface area contributed by atoms with Crippen molar-refractivity contribution in [1.29, 1.82) is 0 Å². The Morgan fingerprint density at radius 2 is 1.80 bits per heavy atom. The Morgan fingerprint density at radius 3 is 2.30 bits per heavy atom. The molecule has 0 aromatic heterocycles. The van der Waals surface area contributed by atoms with Crippen molar-refractivity contribution in [3.8, 4) is 5.75 Å². The van der Waals surface area contributed by atoms with Crippen molar-refractivity contribution in [3.63, 3.8) is 0 Å². The van der Waals surface area contributed by atoms with Gasteiger partial charge in [-0.15, -0.1) is 0 Å². The minimum Gasteiger partial charge on any atom is -0.494 e. The molecule has 2 aromatic carbocycles. The number of amidine groups is 1. The van der Waals surface area contributed by atoms with E-state index >= 15 is 0 Å². The fourth-order valence-corrected chi connectivity index (χ4v) is 4.32. The zero-order chi connectivity index (χ0) is 22.5. The van der Waals surface area contributed by atoms with E-state index in [0.717, 1.165) is 11.0 Å². The monoisotopic (exact) mass is 483 g/mol. The minimum atomic E-state index is -5.15. The number of para-hydroxylation sites is 1. The molecule has 0 radical (unpaired) electrons. The van der Waals surface area contributed by atoms with Gasteiger partial charge in [-0.3, -0.25) is 0 Å². The van der Waals surface area contributed by atoms with Crippen LogP contribution in [-0.4, -0.2) is 44.9 Å². The zero-order valence-corrected chi connectivity index (χ0v) is 17.4. The first-order valence-corrected chi connectivity index (χ1v) is 10.4. The maximum absolute atomic E-state index is 13.5. The summed E-state index contributed by atoms with van der Waals surface area (Å²) >= 11 is 12.2. The molecule has 0 saturated carbocycles. The number of benzene rings is 2. The molecule has 162 valence electrons. The molecule has 13 heteroatoms. The van der Waals surface area contributed by atoms with Gasteiger partial charge < -0.3 is 14.7 Å². The third kappa shape index (κ3) is 3.95. The second kappa shape index (κ2) is 7.57. The van der Waals surface area contributed by atoms with E-state index < -0.39 is 39.2 Å². The number of sulfonamides is 1. The van der Waals surface area contributed by atoms with Gasteiger partial charge in [-0.25, -0.2) is 18.5 Å². The summed E-state index contributed by atoms with van der Waals surface area (Å²) in [4.78, 5) is 3.90. The number of methoxy groups -OCH3 is 1. The highest BCUT2D eigenvalue weighted by Crippen LogP contribution is 2.42. The van der Waals surface area contributed by atoms with Gasteiger partial charge in [0.1, 0.15) is 10.7 Å². The molecule has 3 rings (SSSR count). The lowest BCUT2D eigenvalue weighted by Gasteiger charge is -2.26.